The Morgan fingerprint density at radius 1 is 1.07 bits per heavy atom. The molecule has 3 N–H and O–H groups in total. The minimum Gasteiger partial charge on any atom is -0.378 e. The molecule has 0 spiro atoms. The molecule has 2 aliphatic heterocycles. The quantitative estimate of drug-likeness (QED) is 0.597. The summed E-state index contributed by atoms with van der Waals surface area (Å²) in [6.07, 6.45) is 3.20. The molecule has 0 aromatic heterocycles. The largest absolute Gasteiger partial charge is 0.378 e. The summed E-state index contributed by atoms with van der Waals surface area (Å²) in [5.74, 6) is 0.719. The van der Waals surface area contributed by atoms with Crippen molar-refractivity contribution in [1.82, 2.24) is 15.5 Å². The zero-order chi connectivity index (χ0) is 10.5. The summed E-state index contributed by atoms with van der Waals surface area (Å²) in [7, 11) is 0. The molecular weight excluding hydrogens is 190 g/mol. The second kappa shape index (κ2) is 5.80. The van der Waals surface area contributed by atoms with Crippen LogP contribution in [0.1, 0.15) is 19.3 Å². The van der Waals surface area contributed by atoms with Gasteiger partial charge in [-0.2, -0.15) is 0 Å². The van der Waals surface area contributed by atoms with Crippen LogP contribution in [-0.4, -0.2) is 55.5 Å². The van der Waals surface area contributed by atoms with Crippen LogP contribution in [0.15, 0.2) is 0 Å². The summed E-state index contributed by atoms with van der Waals surface area (Å²) >= 11 is 0. The maximum absolute atomic E-state index is 10.1. The summed E-state index contributed by atoms with van der Waals surface area (Å²) in [6, 6.07) is 0. The molecule has 0 amide bonds. The Morgan fingerprint density at radius 2 is 1.67 bits per heavy atom. The van der Waals surface area contributed by atoms with Crippen LogP contribution in [0.2, 0.25) is 0 Å². The van der Waals surface area contributed by atoms with Crippen molar-refractivity contribution in [3.63, 3.8) is 0 Å². The van der Waals surface area contributed by atoms with Crippen LogP contribution in [0, 0.1) is 5.92 Å². The van der Waals surface area contributed by atoms with E-state index in [4.69, 9.17) is 0 Å². The third-order valence-electron chi connectivity index (χ3n) is 3.58. The first kappa shape index (κ1) is 11.3. The number of piperidine rings is 1. The molecule has 15 heavy (non-hydrogen) atoms. The van der Waals surface area contributed by atoms with E-state index in [1.165, 1.54) is 12.8 Å². The SMILES string of the molecule is OC(CC1CCNCC1)N1CCNCC1. The number of hydrogen-bond acceptors (Lipinski definition) is 4. The fourth-order valence-corrected chi connectivity index (χ4v) is 2.54. The van der Waals surface area contributed by atoms with Gasteiger partial charge in [-0.05, 0) is 38.3 Å². The van der Waals surface area contributed by atoms with Gasteiger partial charge in [-0.15, -0.1) is 0 Å². The Kier molecular flexibility index (Phi) is 4.38. The second-order valence-corrected chi connectivity index (χ2v) is 4.70. The van der Waals surface area contributed by atoms with Crippen LogP contribution in [0.5, 0.6) is 0 Å². The summed E-state index contributed by atoms with van der Waals surface area (Å²) in [5.41, 5.74) is 0. The molecule has 4 nitrogen and oxygen atoms in total. The van der Waals surface area contributed by atoms with Crippen molar-refractivity contribution in [3.05, 3.63) is 0 Å². The molecule has 2 rings (SSSR count). The lowest BCUT2D eigenvalue weighted by Crippen LogP contribution is -2.49. The highest BCUT2D eigenvalue weighted by Crippen LogP contribution is 2.19. The van der Waals surface area contributed by atoms with Crippen molar-refractivity contribution >= 4 is 0 Å². The van der Waals surface area contributed by atoms with Crippen LogP contribution in [0.4, 0.5) is 0 Å². The Bertz CT molecular complexity index is 177. The topological polar surface area (TPSA) is 47.5 Å². The summed E-state index contributed by atoms with van der Waals surface area (Å²) in [4.78, 5) is 2.21. The van der Waals surface area contributed by atoms with E-state index in [-0.39, 0.29) is 6.23 Å². The summed E-state index contributed by atoms with van der Waals surface area (Å²) < 4.78 is 0. The highest BCUT2D eigenvalue weighted by atomic mass is 16.3. The lowest BCUT2D eigenvalue weighted by molar-refractivity contribution is -0.0226. The monoisotopic (exact) mass is 213 g/mol. The van der Waals surface area contributed by atoms with Gasteiger partial charge in [0.2, 0.25) is 0 Å². The fourth-order valence-electron chi connectivity index (χ4n) is 2.54. The molecule has 1 atom stereocenters. The molecule has 2 aliphatic rings. The average Bonchev–Trinajstić information content (AvgIpc) is 2.31. The highest BCUT2D eigenvalue weighted by molar-refractivity contribution is 4.75. The van der Waals surface area contributed by atoms with E-state index in [1.807, 2.05) is 0 Å². The molecule has 2 fully saturated rings. The average molecular weight is 213 g/mol. The Morgan fingerprint density at radius 3 is 2.33 bits per heavy atom. The molecule has 4 heteroatoms. The van der Waals surface area contributed by atoms with Crippen LogP contribution in [0.25, 0.3) is 0 Å². The van der Waals surface area contributed by atoms with Gasteiger partial charge in [0.25, 0.3) is 0 Å². The Hall–Kier alpha value is -0.160. The number of nitrogens with zero attached hydrogens (tertiary/aromatic N) is 1. The normalized spacial score (nSPS) is 27.8. The lowest BCUT2D eigenvalue weighted by Gasteiger charge is -2.34. The van der Waals surface area contributed by atoms with Gasteiger partial charge in [0.1, 0.15) is 6.23 Å². The number of aliphatic hydroxyl groups excluding tert-OH is 1. The van der Waals surface area contributed by atoms with E-state index in [1.54, 1.807) is 0 Å². The van der Waals surface area contributed by atoms with Crippen molar-refractivity contribution in [2.75, 3.05) is 39.3 Å². The van der Waals surface area contributed by atoms with Crippen molar-refractivity contribution < 1.29 is 5.11 Å². The number of rotatable bonds is 3. The predicted molar refractivity (Wildman–Crippen MR) is 60.7 cm³/mol. The third kappa shape index (κ3) is 3.41. The summed E-state index contributed by atoms with van der Waals surface area (Å²) in [5, 5.41) is 16.8. The van der Waals surface area contributed by atoms with Crippen molar-refractivity contribution in [1.29, 1.82) is 0 Å². The Balaban J connectivity index is 1.72. The van der Waals surface area contributed by atoms with Gasteiger partial charge < -0.3 is 15.7 Å². The van der Waals surface area contributed by atoms with E-state index in [9.17, 15) is 5.11 Å². The van der Waals surface area contributed by atoms with Crippen molar-refractivity contribution in [2.45, 2.75) is 25.5 Å². The van der Waals surface area contributed by atoms with Crippen molar-refractivity contribution in [3.8, 4) is 0 Å². The first-order valence-electron chi connectivity index (χ1n) is 6.20. The van der Waals surface area contributed by atoms with Gasteiger partial charge in [0, 0.05) is 26.2 Å². The minimum atomic E-state index is -0.213. The number of nitrogens with one attached hydrogen (secondary N) is 2. The molecule has 2 heterocycles. The number of aliphatic hydroxyl groups is 1. The highest BCUT2D eigenvalue weighted by Gasteiger charge is 2.22. The van der Waals surface area contributed by atoms with E-state index >= 15 is 0 Å². The first-order valence-corrected chi connectivity index (χ1v) is 6.20. The van der Waals surface area contributed by atoms with Gasteiger partial charge >= 0.3 is 0 Å². The minimum absolute atomic E-state index is 0.213. The number of hydrogen-bond donors (Lipinski definition) is 3. The van der Waals surface area contributed by atoms with Crippen molar-refractivity contribution in [2.24, 2.45) is 5.92 Å². The van der Waals surface area contributed by atoms with Gasteiger partial charge in [0.05, 0.1) is 0 Å². The van der Waals surface area contributed by atoms with Crippen LogP contribution in [0.3, 0.4) is 0 Å². The zero-order valence-electron chi connectivity index (χ0n) is 9.41. The molecule has 0 bridgehead atoms. The molecule has 88 valence electrons. The molecular formula is C11H23N3O. The maximum atomic E-state index is 10.1. The van der Waals surface area contributed by atoms with Gasteiger partial charge in [-0.3, -0.25) is 4.90 Å². The summed E-state index contributed by atoms with van der Waals surface area (Å²) in [6.45, 7) is 6.27. The second-order valence-electron chi connectivity index (χ2n) is 4.70. The van der Waals surface area contributed by atoms with E-state index in [0.717, 1.165) is 51.6 Å². The van der Waals surface area contributed by atoms with Gasteiger partial charge in [-0.1, -0.05) is 0 Å². The molecule has 1 unspecified atom stereocenters. The van der Waals surface area contributed by atoms with E-state index < -0.39 is 0 Å². The third-order valence-corrected chi connectivity index (χ3v) is 3.58. The fraction of sp³-hybridized carbons (Fsp3) is 1.00. The van der Waals surface area contributed by atoms with Gasteiger partial charge in [-0.25, -0.2) is 0 Å². The maximum Gasteiger partial charge on any atom is 0.107 e. The first-order chi connectivity index (χ1) is 7.36. The smallest absolute Gasteiger partial charge is 0.107 e. The standard InChI is InChI=1S/C11H23N3O/c15-11(14-7-5-13-6-8-14)9-10-1-3-12-4-2-10/h10-13,15H,1-9H2. The lowest BCUT2D eigenvalue weighted by atomic mass is 9.93. The zero-order valence-corrected chi connectivity index (χ0v) is 9.41. The molecule has 0 saturated carbocycles. The molecule has 0 radical (unpaired) electrons. The molecule has 0 aliphatic carbocycles. The molecule has 2 saturated heterocycles. The van der Waals surface area contributed by atoms with Crippen LogP contribution >= 0.6 is 0 Å². The number of piperazine rings is 1. The predicted octanol–water partition coefficient (Wildman–Crippen LogP) is -0.400. The van der Waals surface area contributed by atoms with E-state index in [0.29, 0.717) is 0 Å². The van der Waals surface area contributed by atoms with Crippen LogP contribution in [-0.2, 0) is 0 Å². The van der Waals surface area contributed by atoms with Gasteiger partial charge in [0.15, 0.2) is 0 Å². The molecule has 0 aromatic rings. The van der Waals surface area contributed by atoms with E-state index in [2.05, 4.69) is 15.5 Å². The van der Waals surface area contributed by atoms with Crippen LogP contribution < -0.4 is 10.6 Å². The Labute approximate surface area is 92.0 Å². The molecule has 0 aromatic carbocycles.